The van der Waals surface area contributed by atoms with E-state index in [9.17, 15) is 9.18 Å². The molecule has 1 amide bonds. The van der Waals surface area contributed by atoms with Gasteiger partial charge in [-0.15, -0.1) is 0 Å². The molecule has 154 valence electrons. The molecule has 4 nitrogen and oxygen atoms in total. The Morgan fingerprint density at radius 1 is 1.14 bits per heavy atom. The molecule has 2 aliphatic rings. The number of amides is 1. The fourth-order valence-corrected chi connectivity index (χ4v) is 4.85. The van der Waals surface area contributed by atoms with Crippen LogP contribution in [-0.4, -0.2) is 36.5 Å². The van der Waals surface area contributed by atoms with Crippen LogP contribution in [0.25, 0.3) is 0 Å². The fraction of sp³-hybridized carbons (Fsp3) is 0.458. The van der Waals surface area contributed by atoms with Gasteiger partial charge in [-0.25, -0.2) is 4.39 Å². The van der Waals surface area contributed by atoms with E-state index in [1.807, 2.05) is 0 Å². The summed E-state index contributed by atoms with van der Waals surface area (Å²) in [4.78, 5) is 14.8. The third-order valence-corrected chi connectivity index (χ3v) is 6.16. The van der Waals surface area contributed by atoms with Crippen LogP contribution in [0.1, 0.15) is 31.2 Å². The minimum Gasteiger partial charge on any atom is -0.326 e. The molecule has 3 atom stereocenters. The summed E-state index contributed by atoms with van der Waals surface area (Å²) in [6.07, 6.45) is 3.61. The summed E-state index contributed by atoms with van der Waals surface area (Å²) in [5.74, 6) is 1.00. The molecule has 2 heterocycles. The maximum atomic E-state index is 13.2. The van der Waals surface area contributed by atoms with E-state index in [2.05, 4.69) is 45.9 Å². The Morgan fingerprint density at radius 2 is 2.00 bits per heavy atom. The van der Waals surface area contributed by atoms with Crippen LogP contribution in [0, 0.1) is 17.7 Å². The van der Waals surface area contributed by atoms with Gasteiger partial charge in [0.1, 0.15) is 5.82 Å². The van der Waals surface area contributed by atoms with Crippen molar-refractivity contribution in [1.29, 1.82) is 0 Å². The Bertz CT molecular complexity index is 813. The van der Waals surface area contributed by atoms with Gasteiger partial charge in [-0.2, -0.15) is 0 Å². The average Bonchev–Trinajstić information content (AvgIpc) is 2.70. The van der Waals surface area contributed by atoms with E-state index in [1.165, 1.54) is 30.7 Å². The van der Waals surface area contributed by atoms with Crippen LogP contribution in [0.3, 0.4) is 0 Å². The lowest BCUT2D eigenvalue weighted by Crippen LogP contribution is -2.55. The lowest BCUT2D eigenvalue weighted by molar-refractivity contribution is -0.116. The Hall–Kier alpha value is -2.24. The number of fused-ring (bicyclic) bond motifs is 2. The minimum absolute atomic E-state index is 0.0429. The molecule has 0 aliphatic carbocycles. The number of benzene rings is 2. The molecule has 0 radical (unpaired) electrons. The van der Waals surface area contributed by atoms with Crippen molar-refractivity contribution in [2.24, 2.45) is 11.8 Å². The maximum absolute atomic E-state index is 13.2. The van der Waals surface area contributed by atoms with Crippen molar-refractivity contribution in [3.05, 3.63) is 66.0 Å². The number of anilines is 1. The van der Waals surface area contributed by atoms with Gasteiger partial charge < -0.3 is 10.6 Å². The van der Waals surface area contributed by atoms with Gasteiger partial charge in [-0.3, -0.25) is 9.69 Å². The van der Waals surface area contributed by atoms with Gasteiger partial charge in [0.15, 0.2) is 0 Å². The van der Waals surface area contributed by atoms with Crippen LogP contribution in [0.2, 0.25) is 0 Å². The Morgan fingerprint density at radius 3 is 2.83 bits per heavy atom. The molecule has 2 fully saturated rings. The number of likely N-dealkylation sites (tertiary alicyclic amines) is 1. The predicted octanol–water partition coefficient (Wildman–Crippen LogP) is 4.04. The van der Waals surface area contributed by atoms with Crippen LogP contribution in [-0.2, 0) is 11.3 Å². The third-order valence-electron chi connectivity index (χ3n) is 6.16. The topological polar surface area (TPSA) is 44.4 Å². The minimum atomic E-state index is -0.332. The molecular weight excluding hydrogens is 365 g/mol. The SMILES string of the molecule is O=C(CCC[C@H]1NC[C@@H]2C[C@H]1CN(Cc1ccccc1)C2)Nc1cccc(F)c1. The largest absolute Gasteiger partial charge is 0.326 e. The Kier molecular flexibility index (Phi) is 6.57. The smallest absolute Gasteiger partial charge is 0.224 e. The molecule has 2 aromatic rings. The van der Waals surface area contributed by atoms with E-state index in [1.54, 1.807) is 12.1 Å². The zero-order valence-corrected chi connectivity index (χ0v) is 16.8. The monoisotopic (exact) mass is 395 g/mol. The fourth-order valence-electron chi connectivity index (χ4n) is 4.85. The number of hydrogen-bond donors (Lipinski definition) is 2. The van der Waals surface area contributed by atoms with Crippen molar-refractivity contribution in [1.82, 2.24) is 10.2 Å². The number of rotatable bonds is 7. The molecule has 4 rings (SSSR count). The standard InChI is InChI=1S/C24H30FN3O/c25-21-8-4-9-22(13-21)27-24(29)11-5-10-23-20-12-19(14-26-23)16-28(17-20)15-18-6-2-1-3-7-18/h1-4,6-9,13,19-20,23,26H,5,10-12,14-17H2,(H,27,29)/t19-,20-,23+/m0/s1. The van der Waals surface area contributed by atoms with Gasteiger partial charge in [0.25, 0.3) is 0 Å². The highest BCUT2D eigenvalue weighted by Crippen LogP contribution is 2.31. The van der Waals surface area contributed by atoms with E-state index >= 15 is 0 Å². The molecule has 0 aromatic heterocycles. The molecule has 2 bridgehead atoms. The number of carbonyl (C=O) groups excluding carboxylic acids is 1. The van der Waals surface area contributed by atoms with Crippen molar-refractivity contribution in [2.45, 2.75) is 38.3 Å². The highest BCUT2D eigenvalue weighted by molar-refractivity contribution is 5.90. The average molecular weight is 396 g/mol. The number of halogens is 1. The number of nitrogens with one attached hydrogen (secondary N) is 2. The highest BCUT2D eigenvalue weighted by Gasteiger charge is 2.35. The molecule has 29 heavy (non-hydrogen) atoms. The maximum Gasteiger partial charge on any atom is 0.224 e. The van der Waals surface area contributed by atoms with E-state index in [0.717, 1.165) is 38.4 Å². The molecule has 5 heteroatoms. The first-order valence-corrected chi connectivity index (χ1v) is 10.7. The molecule has 2 aliphatic heterocycles. The zero-order valence-electron chi connectivity index (χ0n) is 16.8. The van der Waals surface area contributed by atoms with Crippen LogP contribution in [0.4, 0.5) is 10.1 Å². The van der Waals surface area contributed by atoms with Gasteiger partial charge in [-0.1, -0.05) is 36.4 Å². The van der Waals surface area contributed by atoms with E-state index in [0.29, 0.717) is 24.1 Å². The molecule has 0 spiro atoms. The summed E-state index contributed by atoms with van der Waals surface area (Å²) in [5.41, 5.74) is 1.91. The van der Waals surface area contributed by atoms with Crippen molar-refractivity contribution in [3.8, 4) is 0 Å². The molecule has 2 saturated heterocycles. The zero-order chi connectivity index (χ0) is 20.1. The van der Waals surface area contributed by atoms with Crippen LogP contribution in [0.5, 0.6) is 0 Å². The molecular formula is C24H30FN3O. The number of carbonyl (C=O) groups is 1. The van der Waals surface area contributed by atoms with Crippen LogP contribution < -0.4 is 10.6 Å². The lowest BCUT2D eigenvalue weighted by atomic mass is 9.79. The quantitative estimate of drug-likeness (QED) is 0.744. The van der Waals surface area contributed by atoms with E-state index in [4.69, 9.17) is 0 Å². The summed E-state index contributed by atoms with van der Waals surface area (Å²) in [5, 5.41) is 6.52. The second-order valence-corrected chi connectivity index (χ2v) is 8.51. The van der Waals surface area contributed by atoms with Gasteiger partial charge >= 0.3 is 0 Å². The van der Waals surface area contributed by atoms with Gasteiger partial charge in [0, 0.05) is 37.8 Å². The second kappa shape index (κ2) is 9.51. The number of piperidine rings is 2. The first-order chi connectivity index (χ1) is 14.2. The van der Waals surface area contributed by atoms with Crippen molar-refractivity contribution >= 4 is 11.6 Å². The lowest BCUT2D eigenvalue weighted by Gasteiger charge is -2.46. The first kappa shape index (κ1) is 20.0. The second-order valence-electron chi connectivity index (χ2n) is 8.51. The Balaban J connectivity index is 1.23. The summed E-state index contributed by atoms with van der Waals surface area (Å²) in [7, 11) is 0. The normalized spacial score (nSPS) is 24.2. The number of hydrogen-bond acceptors (Lipinski definition) is 3. The van der Waals surface area contributed by atoms with E-state index in [-0.39, 0.29) is 11.7 Å². The predicted molar refractivity (Wildman–Crippen MR) is 114 cm³/mol. The van der Waals surface area contributed by atoms with E-state index < -0.39 is 0 Å². The third kappa shape index (κ3) is 5.64. The first-order valence-electron chi connectivity index (χ1n) is 10.7. The van der Waals surface area contributed by atoms with Crippen molar-refractivity contribution < 1.29 is 9.18 Å². The number of nitrogens with zero attached hydrogens (tertiary/aromatic N) is 1. The van der Waals surface area contributed by atoms with Crippen molar-refractivity contribution in [2.75, 3.05) is 25.0 Å². The molecule has 0 unspecified atom stereocenters. The Labute approximate surface area is 172 Å². The van der Waals surface area contributed by atoms with Gasteiger partial charge in [0.2, 0.25) is 5.91 Å². The van der Waals surface area contributed by atoms with Crippen LogP contribution >= 0.6 is 0 Å². The molecule has 2 aromatic carbocycles. The van der Waals surface area contributed by atoms with Crippen molar-refractivity contribution in [3.63, 3.8) is 0 Å². The van der Waals surface area contributed by atoms with Gasteiger partial charge in [-0.05, 0) is 61.4 Å². The highest BCUT2D eigenvalue weighted by atomic mass is 19.1. The summed E-state index contributed by atoms with van der Waals surface area (Å²) in [6.45, 7) is 4.39. The summed E-state index contributed by atoms with van der Waals surface area (Å²) in [6, 6.07) is 17.2. The molecule has 0 saturated carbocycles. The van der Waals surface area contributed by atoms with Crippen LogP contribution in [0.15, 0.2) is 54.6 Å². The van der Waals surface area contributed by atoms with Gasteiger partial charge in [0.05, 0.1) is 0 Å². The molecule has 2 N–H and O–H groups in total. The summed E-state index contributed by atoms with van der Waals surface area (Å²) < 4.78 is 13.2. The summed E-state index contributed by atoms with van der Waals surface area (Å²) >= 11 is 0.